The molecule has 1 fully saturated rings. The number of aromatic hydroxyl groups is 3. The summed E-state index contributed by atoms with van der Waals surface area (Å²) < 4.78 is 5.67. The summed E-state index contributed by atoms with van der Waals surface area (Å²) in [6.45, 7) is -1.37. The molecule has 0 radical (unpaired) electrons. The van der Waals surface area contributed by atoms with Gasteiger partial charge in [-0.25, -0.2) is 0 Å². The molecule has 0 saturated carbocycles. The first-order valence-corrected chi connectivity index (χ1v) is 9.58. The van der Waals surface area contributed by atoms with Crippen molar-refractivity contribution in [3.8, 4) is 17.2 Å². The van der Waals surface area contributed by atoms with Crippen LogP contribution in [-0.4, -0.2) is 83.8 Å². The molecule has 2 aliphatic rings. The van der Waals surface area contributed by atoms with E-state index >= 15 is 0 Å². The molecule has 0 aromatic heterocycles. The molecule has 31 heavy (non-hydrogen) atoms. The second kappa shape index (κ2) is 7.75. The molecular weight excluding hydrogens is 412 g/mol. The van der Waals surface area contributed by atoms with E-state index in [0.717, 1.165) is 6.07 Å². The Morgan fingerprint density at radius 2 is 1.61 bits per heavy atom. The van der Waals surface area contributed by atoms with Crippen molar-refractivity contribution in [2.45, 2.75) is 43.0 Å². The number of ether oxygens (including phenoxy) is 1. The molecule has 1 heterocycles. The van der Waals surface area contributed by atoms with Crippen molar-refractivity contribution in [2.24, 2.45) is 0 Å². The first-order valence-electron chi connectivity index (χ1n) is 9.58. The molecule has 0 amide bonds. The highest BCUT2D eigenvalue weighted by atomic mass is 16.5. The van der Waals surface area contributed by atoms with E-state index in [1.807, 2.05) is 0 Å². The highest BCUT2D eigenvalue weighted by Crippen LogP contribution is 2.51. The Hall–Kier alpha value is -2.73. The average Bonchev–Trinajstić information content (AvgIpc) is 2.75. The average molecular weight is 434 g/mol. The van der Waals surface area contributed by atoms with E-state index in [0.29, 0.717) is 0 Å². The number of phenolic OH excluding ortho intramolecular Hbond substituents is 2. The Morgan fingerprint density at radius 1 is 0.903 bits per heavy atom. The molecule has 0 spiro atoms. The topological polar surface area (TPSA) is 188 Å². The number of aliphatic hydroxyl groups excluding tert-OH is 5. The summed E-state index contributed by atoms with van der Waals surface area (Å²) in [5.41, 5.74) is -0.681. The zero-order valence-electron chi connectivity index (χ0n) is 16.1. The summed E-state index contributed by atoms with van der Waals surface area (Å²) in [7, 11) is 0. The Bertz CT molecular complexity index is 1030. The predicted molar refractivity (Wildman–Crippen MR) is 103 cm³/mol. The van der Waals surface area contributed by atoms with Crippen LogP contribution in [0.3, 0.4) is 0 Å². The van der Waals surface area contributed by atoms with E-state index < -0.39 is 72.7 Å². The normalized spacial score (nSPS) is 30.0. The molecule has 0 bridgehead atoms. The lowest BCUT2D eigenvalue weighted by atomic mass is 9.71. The van der Waals surface area contributed by atoms with Crippen LogP contribution in [-0.2, 0) is 11.3 Å². The fraction of sp³-hybridized carbons (Fsp3) is 0.381. The van der Waals surface area contributed by atoms with E-state index in [1.165, 1.54) is 18.2 Å². The monoisotopic (exact) mass is 434 g/mol. The summed E-state index contributed by atoms with van der Waals surface area (Å²) in [4.78, 5) is 13.1. The highest BCUT2D eigenvalue weighted by molar-refractivity contribution is 6.16. The molecule has 1 saturated heterocycles. The van der Waals surface area contributed by atoms with Crippen LogP contribution in [0.4, 0.5) is 0 Å². The van der Waals surface area contributed by atoms with Gasteiger partial charge in [0, 0.05) is 17.0 Å². The van der Waals surface area contributed by atoms with Crippen molar-refractivity contribution >= 4 is 5.78 Å². The number of carbonyl (C=O) groups excluding carboxylic acids is 1. The Balaban J connectivity index is 2.01. The van der Waals surface area contributed by atoms with Crippen LogP contribution >= 0.6 is 0 Å². The van der Waals surface area contributed by atoms with Gasteiger partial charge in [0.15, 0.2) is 0 Å². The zero-order chi connectivity index (χ0) is 22.6. The molecule has 1 unspecified atom stereocenters. The van der Waals surface area contributed by atoms with Crippen LogP contribution in [0.25, 0.3) is 0 Å². The van der Waals surface area contributed by atoms with Gasteiger partial charge in [-0.3, -0.25) is 4.79 Å². The van der Waals surface area contributed by atoms with Gasteiger partial charge in [0.1, 0.15) is 41.7 Å². The van der Waals surface area contributed by atoms with Crippen LogP contribution in [0.5, 0.6) is 17.2 Å². The quantitative estimate of drug-likeness (QED) is 0.273. The van der Waals surface area contributed by atoms with Crippen molar-refractivity contribution in [2.75, 3.05) is 6.61 Å². The van der Waals surface area contributed by atoms with E-state index in [2.05, 4.69) is 0 Å². The molecule has 4 rings (SSSR count). The van der Waals surface area contributed by atoms with Crippen molar-refractivity contribution in [1.82, 2.24) is 0 Å². The second-order valence-electron chi connectivity index (χ2n) is 7.69. The maximum atomic E-state index is 13.1. The smallest absolute Gasteiger partial charge is 0.201 e. The van der Waals surface area contributed by atoms with Gasteiger partial charge >= 0.3 is 0 Å². The summed E-state index contributed by atoms with van der Waals surface area (Å²) in [6.07, 6.45) is -7.74. The highest BCUT2D eigenvalue weighted by Gasteiger charge is 2.51. The Kier molecular flexibility index (Phi) is 5.38. The minimum absolute atomic E-state index is 0.0951. The largest absolute Gasteiger partial charge is 0.507 e. The predicted octanol–water partition coefficient (Wildman–Crippen LogP) is -1.19. The van der Waals surface area contributed by atoms with Crippen LogP contribution < -0.4 is 0 Å². The summed E-state index contributed by atoms with van der Waals surface area (Å²) in [6, 6.07) is 5.15. The van der Waals surface area contributed by atoms with Crippen molar-refractivity contribution in [3.63, 3.8) is 0 Å². The third-order valence-electron chi connectivity index (χ3n) is 6.00. The molecule has 2 aromatic carbocycles. The SMILES string of the molecule is O=C1c2c(O)cccc2C([C@@H]2O[C@H](CO)[C@@H](O)[C@H](O)[C@H]2O)c2c(O)c(CO)cc(O)c21. The molecule has 8 N–H and O–H groups in total. The lowest BCUT2D eigenvalue weighted by Gasteiger charge is -2.45. The number of rotatable bonds is 3. The zero-order valence-corrected chi connectivity index (χ0v) is 16.1. The van der Waals surface area contributed by atoms with Crippen molar-refractivity contribution < 1.29 is 50.4 Å². The fourth-order valence-electron chi connectivity index (χ4n) is 4.49. The number of aliphatic hydroxyl groups is 5. The van der Waals surface area contributed by atoms with Gasteiger partial charge in [-0.1, -0.05) is 12.1 Å². The van der Waals surface area contributed by atoms with Gasteiger partial charge in [0.25, 0.3) is 0 Å². The standard InChI is InChI=1S/C21H22O10/c22-5-7-4-10(25)14-15(16(7)26)13(8-2-1-3-9(24)12(8)18(14)28)21-20(30)19(29)17(27)11(6-23)31-21/h1-4,11,13,17,19-27,29-30H,5-6H2/t11-,13?,17-,19+,20-,21+/m1/s1. The van der Waals surface area contributed by atoms with Crippen LogP contribution in [0.15, 0.2) is 24.3 Å². The molecule has 2 aromatic rings. The third kappa shape index (κ3) is 3.07. The molecule has 166 valence electrons. The van der Waals surface area contributed by atoms with Gasteiger partial charge in [-0.15, -0.1) is 0 Å². The van der Waals surface area contributed by atoms with E-state index in [1.54, 1.807) is 0 Å². The lowest BCUT2D eigenvalue weighted by Crippen LogP contribution is -2.60. The number of hydrogen-bond acceptors (Lipinski definition) is 10. The molecule has 10 nitrogen and oxygen atoms in total. The molecular formula is C21H22O10. The van der Waals surface area contributed by atoms with E-state index in [-0.39, 0.29) is 27.8 Å². The number of phenols is 3. The van der Waals surface area contributed by atoms with Crippen molar-refractivity contribution in [1.29, 1.82) is 0 Å². The third-order valence-corrected chi connectivity index (χ3v) is 6.00. The minimum atomic E-state index is -1.73. The van der Waals surface area contributed by atoms with E-state index in [4.69, 9.17) is 4.74 Å². The summed E-state index contributed by atoms with van der Waals surface area (Å²) >= 11 is 0. The number of benzene rings is 2. The van der Waals surface area contributed by atoms with Gasteiger partial charge in [0.2, 0.25) is 5.78 Å². The molecule has 10 heteroatoms. The van der Waals surface area contributed by atoms with Gasteiger partial charge in [0.05, 0.1) is 30.4 Å². The number of ketones is 1. The first-order chi connectivity index (χ1) is 14.7. The van der Waals surface area contributed by atoms with Crippen LogP contribution in [0.1, 0.15) is 38.5 Å². The van der Waals surface area contributed by atoms with Gasteiger partial charge in [-0.05, 0) is 17.7 Å². The minimum Gasteiger partial charge on any atom is -0.507 e. The first kappa shape index (κ1) is 21.5. The number of fused-ring (bicyclic) bond motifs is 2. The number of hydrogen-bond donors (Lipinski definition) is 8. The summed E-state index contributed by atoms with van der Waals surface area (Å²) in [5, 5.41) is 81.9. The van der Waals surface area contributed by atoms with E-state index in [9.17, 15) is 45.6 Å². The molecule has 6 atom stereocenters. The van der Waals surface area contributed by atoms with Crippen LogP contribution in [0.2, 0.25) is 0 Å². The Labute approximate surface area is 175 Å². The van der Waals surface area contributed by atoms with Crippen molar-refractivity contribution in [3.05, 3.63) is 52.1 Å². The molecule has 1 aliphatic carbocycles. The maximum Gasteiger partial charge on any atom is 0.201 e. The van der Waals surface area contributed by atoms with Crippen LogP contribution in [0, 0.1) is 0 Å². The second-order valence-corrected chi connectivity index (χ2v) is 7.69. The molecule has 1 aliphatic heterocycles. The van der Waals surface area contributed by atoms with Gasteiger partial charge in [-0.2, -0.15) is 0 Å². The lowest BCUT2D eigenvalue weighted by molar-refractivity contribution is -0.232. The maximum absolute atomic E-state index is 13.1. The summed E-state index contributed by atoms with van der Waals surface area (Å²) in [5.74, 6) is -3.50. The number of carbonyl (C=O) groups is 1. The fourth-order valence-corrected chi connectivity index (χ4v) is 4.49. The Morgan fingerprint density at radius 3 is 2.26 bits per heavy atom. The van der Waals surface area contributed by atoms with Gasteiger partial charge < -0.3 is 45.6 Å².